The van der Waals surface area contributed by atoms with Crippen LogP contribution in [0.1, 0.15) is 5.56 Å². The van der Waals surface area contributed by atoms with Crippen LogP contribution in [0.15, 0.2) is 12.3 Å². The fraction of sp³-hybridized carbons (Fsp3) is 0.111. The number of halogens is 2. The van der Waals surface area contributed by atoms with Gasteiger partial charge in [0.05, 0.1) is 5.02 Å². The van der Waals surface area contributed by atoms with Crippen LogP contribution in [0.3, 0.4) is 0 Å². The second kappa shape index (κ2) is 3.26. The quantitative estimate of drug-likeness (QED) is 0.556. The molecular formula is C9H6Cl2N2O. The van der Waals surface area contributed by atoms with E-state index < -0.39 is 0 Å². The molecule has 0 aromatic carbocycles. The van der Waals surface area contributed by atoms with Crippen LogP contribution < -0.4 is 0 Å². The lowest BCUT2D eigenvalue weighted by molar-refractivity contribution is 0.548. The first-order valence-corrected chi connectivity index (χ1v) is 4.67. The molecule has 0 bridgehead atoms. The van der Waals surface area contributed by atoms with Gasteiger partial charge >= 0.3 is 0 Å². The highest BCUT2D eigenvalue weighted by molar-refractivity contribution is 6.38. The van der Waals surface area contributed by atoms with E-state index in [9.17, 15) is 4.79 Å². The lowest BCUT2D eigenvalue weighted by Gasteiger charge is -1.97. The van der Waals surface area contributed by atoms with Gasteiger partial charge in [0.1, 0.15) is 10.8 Å². The molecule has 3 nitrogen and oxygen atoms in total. The molecular weight excluding hydrogens is 223 g/mol. The number of fused-ring (bicyclic) bond motifs is 1. The number of nitrogens with zero attached hydrogens (tertiary/aromatic N) is 2. The van der Waals surface area contributed by atoms with Crippen molar-refractivity contribution in [2.45, 2.75) is 6.92 Å². The van der Waals surface area contributed by atoms with Gasteiger partial charge in [-0.15, -0.1) is 0 Å². The molecule has 2 aromatic rings. The Bertz CT molecular complexity index is 519. The normalized spacial score (nSPS) is 10.8. The van der Waals surface area contributed by atoms with Crippen LogP contribution in [0.25, 0.3) is 11.0 Å². The maximum absolute atomic E-state index is 10.7. The first-order valence-electron chi connectivity index (χ1n) is 3.92. The summed E-state index contributed by atoms with van der Waals surface area (Å²) in [6.45, 7) is 1.86. The molecule has 0 saturated carbocycles. The summed E-state index contributed by atoms with van der Waals surface area (Å²) in [7, 11) is 0. The van der Waals surface area contributed by atoms with Crippen molar-refractivity contribution in [3.8, 4) is 0 Å². The minimum Gasteiger partial charge on any atom is -0.278 e. The van der Waals surface area contributed by atoms with Gasteiger partial charge in [-0.05, 0) is 18.6 Å². The van der Waals surface area contributed by atoms with E-state index in [4.69, 9.17) is 23.2 Å². The van der Waals surface area contributed by atoms with Gasteiger partial charge in [-0.3, -0.25) is 9.36 Å². The molecule has 0 atom stereocenters. The third kappa shape index (κ3) is 1.29. The topological polar surface area (TPSA) is 34.9 Å². The Labute approximate surface area is 90.2 Å². The fourth-order valence-electron chi connectivity index (χ4n) is 1.44. The average Bonchev–Trinajstić information content (AvgIpc) is 2.42. The van der Waals surface area contributed by atoms with Gasteiger partial charge in [-0.2, -0.15) is 0 Å². The number of aromatic nitrogens is 2. The Morgan fingerprint density at radius 3 is 2.86 bits per heavy atom. The van der Waals surface area contributed by atoms with E-state index in [2.05, 4.69) is 4.98 Å². The molecule has 0 N–H and O–H groups in total. The first-order chi connectivity index (χ1) is 6.63. The molecule has 0 aliphatic carbocycles. The summed E-state index contributed by atoms with van der Waals surface area (Å²) in [5.74, 6) is 0. The Balaban J connectivity index is 2.96. The smallest absolute Gasteiger partial charge is 0.219 e. The van der Waals surface area contributed by atoms with Crippen molar-refractivity contribution in [2.24, 2.45) is 0 Å². The molecule has 14 heavy (non-hydrogen) atoms. The summed E-state index contributed by atoms with van der Waals surface area (Å²) in [6.07, 6.45) is 2.35. The summed E-state index contributed by atoms with van der Waals surface area (Å²) in [5, 5.41) is 1.56. The second-order valence-electron chi connectivity index (χ2n) is 2.95. The van der Waals surface area contributed by atoms with Crippen molar-refractivity contribution < 1.29 is 4.79 Å². The zero-order valence-corrected chi connectivity index (χ0v) is 8.80. The van der Waals surface area contributed by atoms with Gasteiger partial charge < -0.3 is 0 Å². The molecule has 0 aliphatic rings. The SMILES string of the molecule is Cc1cn(C=O)c2nc(Cl)cc(Cl)c12. The predicted octanol–water partition coefficient (Wildman–Crippen LogP) is 2.69. The first kappa shape index (κ1) is 9.49. The van der Waals surface area contributed by atoms with Crippen LogP contribution in [-0.4, -0.2) is 16.0 Å². The van der Waals surface area contributed by atoms with Crippen LogP contribution in [0.2, 0.25) is 10.2 Å². The standard InChI is InChI=1S/C9H6Cl2N2O/c1-5-3-13(4-14)9-8(5)6(10)2-7(11)12-9/h2-4H,1H3. The minimum absolute atomic E-state index is 0.281. The summed E-state index contributed by atoms with van der Waals surface area (Å²) < 4.78 is 1.36. The van der Waals surface area contributed by atoms with E-state index in [1.54, 1.807) is 12.3 Å². The molecule has 0 saturated heterocycles. The third-order valence-corrected chi connectivity index (χ3v) is 2.50. The van der Waals surface area contributed by atoms with Crippen LogP contribution in [-0.2, 0) is 4.79 Å². The molecule has 5 heteroatoms. The van der Waals surface area contributed by atoms with Gasteiger partial charge in [0.15, 0.2) is 0 Å². The molecule has 2 heterocycles. The maximum atomic E-state index is 10.7. The molecule has 2 rings (SSSR count). The Kier molecular flexibility index (Phi) is 2.21. The highest BCUT2D eigenvalue weighted by Crippen LogP contribution is 2.28. The molecule has 0 radical (unpaired) electrons. The van der Waals surface area contributed by atoms with E-state index in [-0.39, 0.29) is 5.15 Å². The Hall–Kier alpha value is -1.06. The molecule has 0 unspecified atom stereocenters. The number of carbonyl (C=O) groups is 1. The molecule has 0 spiro atoms. The molecule has 0 amide bonds. The van der Waals surface area contributed by atoms with Gasteiger partial charge in [0.25, 0.3) is 0 Å². The largest absolute Gasteiger partial charge is 0.278 e. The summed E-state index contributed by atoms with van der Waals surface area (Å²) in [5.41, 5.74) is 1.40. The van der Waals surface area contributed by atoms with Crippen molar-refractivity contribution in [1.82, 2.24) is 9.55 Å². The number of carbonyl (C=O) groups excluding carboxylic acids is 1. The van der Waals surface area contributed by atoms with Crippen molar-refractivity contribution in [1.29, 1.82) is 0 Å². The molecule has 0 aliphatic heterocycles. The van der Waals surface area contributed by atoms with Crippen molar-refractivity contribution >= 4 is 40.6 Å². The van der Waals surface area contributed by atoms with Crippen LogP contribution in [0.5, 0.6) is 0 Å². The lowest BCUT2D eigenvalue weighted by atomic mass is 10.2. The van der Waals surface area contributed by atoms with E-state index in [1.165, 1.54) is 4.57 Å². The fourth-order valence-corrected chi connectivity index (χ4v) is 2.02. The average molecular weight is 229 g/mol. The Morgan fingerprint density at radius 1 is 1.50 bits per heavy atom. The van der Waals surface area contributed by atoms with Gasteiger partial charge in [0.2, 0.25) is 6.41 Å². The van der Waals surface area contributed by atoms with Crippen molar-refractivity contribution in [3.63, 3.8) is 0 Å². The van der Waals surface area contributed by atoms with E-state index in [0.717, 1.165) is 10.9 Å². The number of hydrogen-bond donors (Lipinski definition) is 0. The summed E-state index contributed by atoms with van der Waals surface area (Å²) >= 11 is 11.7. The van der Waals surface area contributed by atoms with E-state index >= 15 is 0 Å². The third-order valence-electron chi connectivity index (χ3n) is 2.01. The summed E-state index contributed by atoms with van der Waals surface area (Å²) in [4.78, 5) is 14.7. The van der Waals surface area contributed by atoms with E-state index in [0.29, 0.717) is 17.1 Å². The van der Waals surface area contributed by atoms with Crippen molar-refractivity contribution in [2.75, 3.05) is 0 Å². The number of aryl methyl sites for hydroxylation is 1. The van der Waals surface area contributed by atoms with Crippen LogP contribution in [0, 0.1) is 6.92 Å². The van der Waals surface area contributed by atoms with Gasteiger partial charge in [-0.25, -0.2) is 4.98 Å². The minimum atomic E-state index is 0.281. The van der Waals surface area contributed by atoms with Gasteiger partial charge in [0, 0.05) is 11.6 Å². The predicted molar refractivity (Wildman–Crippen MR) is 56.6 cm³/mol. The lowest BCUT2D eigenvalue weighted by Crippen LogP contribution is -1.93. The number of hydrogen-bond acceptors (Lipinski definition) is 2. The zero-order valence-electron chi connectivity index (χ0n) is 7.29. The Morgan fingerprint density at radius 2 is 2.21 bits per heavy atom. The van der Waals surface area contributed by atoms with Gasteiger partial charge in [-0.1, -0.05) is 23.2 Å². The molecule has 2 aromatic heterocycles. The number of pyridine rings is 1. The maximum Gasteiger partial charge on any atom is 0.219 e. The summed E-state index contributed by atoms with van der Waals surface area (Å²) in [6, 6.07) is 1.56. The second-order valence-corrected chi connectivity index (χ2v) is 3.74. The zero-order chi connectivity index (χ0) is 10.3. The van der Waals surface area contributed by atoms with E-state index in [1.807, 2.05) is 6.92 Å². The van der Waals surface area contributed by atoms with Crippen LogP contribution in [0.4, 0.5) is 0 Å². The molecule has 0 fully saturated rings. The molecule has 72 valence electrons. The monoisotopic (exact) mass is 228 g/mol. The highest BCUT2D eigenvalue weighted by atomic mass is 35.5. The van der Waals surface area contributed by atoms with Crippen LogP contribution >= 0.6 is 23.2 Å². The van der Waals surface area contributed by atoms with Crippen molar-refractivity contribution in [3.05, 3.63) is 28.0 Å². The highest BCUT2D eigenvalue weighted by Gasteiger charge is 2.10. The number of rotatable bonds is 1.